The lowest BCUT2D eigenvalue weighted by Gasteiger charge is -2.24. The molecule has 176 valence electrons. The van der Waals surface area contributed by atoms with E-state index in [1.54, 1.807) is 29.4 Å². The molecule has 0 fully saturated rings. The zero-order chi connectivity index (χ0) is 23.7. The molecule has 0 saturated heterocycles. The van der Waals surface area contributed by atoms with Gasteiger partial charge >= 0.3 is 18.3 Å². The lowest BCUT2D eigenvalue weighted by Crippen LogP contribution is -2.36. The maximum atomic E-state index is 12.8. The second kappa shape index (κ2) is 9.02. The van der Waals surface area contributed by atoms with E-state index in [1.165, 1.54) is 24.6 Å². The van der Waals surface area contributed by atoms with Gasteiger partial charge in [0, 0.05) is 19.2 Å². The third-order valence-electron chi connectivity index (χ3n) is 5.33. The standard InChI is InChI=1S/C13H13F2N7O2.C8H5FO/c14-13(15)22-4-2-8(20-22)10-18-19-11(24-10)12(23)21-3-1-7-9(5-21)17-6-16-7;9-7-2-1-3-8-6(7)4-5-10-8/h2,4,6,8,13,20H,1,3,5H2,(H,16,17);1-5H. The van der Waals surface area contributed by atoms with Crippen molar-refractivity contribution >= 4 is 16.9 Å². The Labute approximate surface area is 190 Å². The maximum absolute atomic E-state index is 12.8. The normalized spacial score (nSPS) is 17.2. The summed E-state index contributed by atoms with van der Waals surface area (Å²) in [7, 11) is 0. The molecule has 0 radical (unpaired) electrons. The van der Waals surface area contributed by atoms with E-state index in [0.29, 0.717) is 35.5 Å². The number of fused-ring (bicyclic) bond motifs is 2. The Hall–Kier alpha value is -4.13. The summed E-state index contributed by atoms with van der Waals surface area (Å²) in [5.74, 6) is -0.747. The van der Waals surface area contributed by atoms with Gasteiger partial charge in [-0.2, -0.15) is 8.78 Å². The van der Waals surface area contributed by atoms with E-state index in [4.69, 9.17) is 8.83 Å². The van der Waals surface area contributed by atoms with E-state index in [1.807, 2.05) is 0 Å². The minimum Gasteiger partial charge on any atom is -0.464 e. The second-order valence-electron chi connectivity index (χ2n) is 7.46. The van der Waals surface area contributed by atoms with Crippen LogP contribution in [0.15, 0.2) is 58.0 Å². The number of carbonyl (C=O) groups is 1. The molecule has 13 heteroatoms. The van der Waals surface area contributed by atoms with Gasteiger partial charge in [0.05, 0.1) is 35.9 Å². The van der Waals surface area contributed by atoms with Gasteiger partial charge in [0.1, 0.15) is 17.4 Å². The first-order valence-corrected chi connectivity index (χ1v) is 10.3. The summed E-state index contributed by atoms with van der Waals surface area (Å²) < 4.78 is 48.2. The molecular formula is C21H18F3N7O3. The maximum Gasteiger partial charge on any atom is 0.327 e. The van der Waals surface area contributed by atoms with Crippen LogP contribution >= 0.6 is 0 Å². The number of carbonyl (C=O) groups excluding carboxylic acids is 1. The van der Waals surface area contributed by atoms with Crippen LogP contribution in [0.1, 0.15) is 34.0 Å². The smallest absolute Gasteiger partial charge is 0.327 e. The van der Waals surface area contributed by atoms with E-state index in [2.05, 4.69) is 25.6 Å². The fourth-order valence-electron chi connectivity index (χ4n) is 3.61. The summed E-state index contributed by atoms with van der Waals surface area (Å²) in [4.78, 5) is 21.2. The number of hydrazine groups is 1. The fraction of sp³-hybridized carbons (Fsp3) is 0.238. The summed E-state index contributed by atoms with van der Waals surface area (Å²) in [6.45, 7) is -1.81. The number of aromatic amines is 1. The molecule has 0 spiro atoms. The minimum absolute atomic E-state index is 0.0528. The van der Waals surface area contributed by atoms with Crippen molar-refractivity contribution in [1.29, 1.82) is 0 Å². The number of H-pyrrole nitrogens is 1. The Morgan fingerprint density at radius 2 is 2.12 bits per heavy atom. The highest BCUT2D eigenvalue weighted by Gasteiger charge is 2.30. The van der Waals surface area contributed by atoms with Crippen LogP contribution in [-0.4, -0.2) is 49.1 Å². The third-order valence-corrected chi connectivity index (χ3v) is 5.33. The number of alkyl halides is 2. The van der Waals surface area contributed by atoms with Gasteiger partial charge in [-0.25, -0.2) is 14.8 Å². The number of rotatable bonds is 3. The number of furan rings is 1. The molecule has 5 heterocycles. The molecule has 1 aromatic carbocycles. The van der Waals surface area contributed by atoms with Gasteiger partial charge in [0.2, 0.25) is 5.89 Å². The van der Waals surface area contributed by atoms with E-state index < -0.39 is 18.5 Å². The zero-order valence-corrected chi connectivity index (χ0v) is 17.5. The summed E-state index contributed by atoms with van der Waals surface area (Å²) in [5.41, 5.74) is 4.90. The molecule has 10 nitrogen and oxygen atoms in total. The predicted octanol–water partition coefficient (Wildman–Crippen LogP) is 3.16. The average Bonchev–Trinajstić information content (AvgIpc) is 3.64. The average molecular weight is 473 g/mol. The topological polar surface area (TPSA) is 116 Å². The predicted molar refractivity (Wildman–Crippen MR) is 110 cm³/mol. The van der Waals surface area contributed by atoms with Gasteiger partial charge in [-0.1, -0.05) is 6.07 Å². The van der Waals surface area contributed by atoms with Crippen LogP contribution in [0.25, 0.3) is 11.0 Å². The molecule has 2 aliphatic rings. The molecule has 1 amide bonds. The van der Waals surface area contributed by atoms with Crippen LogP contribution in [0, 0.1) is 5.82 Å². The Morgan fingerprint density at radius 1 is 1.24 bits per heavy atom. The van der Waals surface area contributed by atoms with Crippen molar-refractivity contribution in [1.82, 2.24) is 35.5 Å². The van der Waals surface area contributed by atoms with Gasteiger partial charge in [0.15, 0.2) is 0 Å². The van der Waals surface area contributed by atoms with Crippen LogP contribution in [0.5, 0.6) is 0 Å². The Bertz CT molecular complexity index is 1330. The molecule has 1 unspecified atom stereocenters. The number of halogens is 3. The summed E-state index contributed by atoms with van der Waals surface area (Å²) in [5, 5.41) is 8.68. The first kappa shape index (κ1) is 21.7. The quantitative estimate of drug-likeness (QED) is 0.436. The number of nitrogens with one attached hydrogen (secondary N) is 2. The van der Waals surface area contributed by atoms with E-state index >= 15 is 0 Å². The monoisotopic (exact) mass is 473 g/mol. The fourth-order valence-corrected chi connectivity index (χ4v) is 3.61. The minimum atomic E-state index is -2.69. The number of benzene rings is 1. The van der Waals surface area contributed by atoms with Crippen LogP contribution in [0.2, 0.25) is 0 Å². The molecule has 0 saturated carbocycles. The Kier molecular flexibility index (Phi) is 5.76. The first-order chi connectivity index (χ1) is 16.5. The van der Waals surface area contributed by atoms with Crippen molar-refractivity contribution in [3.8, 4) is 0 Å². The molecule has 1 atom stereocenters. The van der Waals surface area contributed by atoms with Crippen LogP contribution < -0.4 is 5.43 Å². The van der Waals surface area contributed by atoms with E-state index in [-0.39, 0.29) is 17.6 Å². The Balaban J connectivity index is 0.000000200. The number of hydrogen-bond donors (Lipinski definition) is 2. The largest absolute Gasteiger partial charge is 0.464 e. The van der Waals surface area contributed by atoms with Crippen molar-refractivity contribution in [3.63, 3.8) is 0 Å². The van der Waals surface area contributed by atoms with Gasteiger partial charge in [-0.3, -0.25) is 9.80 Å². The Morgan fingerprint density at radius 3 is 2.91 bits per heavy atom. The molecule has 34 heavy (non-hydrogen) atoms. The zero-order valence-electron chi connectivity index (χ0n) is 17.5. The molecular weight excluding hydrogens is 455 g/mol. The van der Waals surface area contributed by atoms with Gasteiger partial charge in [-0.05, 0) is 24.3 Å². The summed E-state index contributed by atoms with van der Waals surface area (Å²) in [6.07, 6.45) is 6.35. The van der Waals surface area contributed by atoms with E-state index in [9.17, 15) is 18.0 Å². The number of imidazole rings is 1. The SMILES string of the molecule is Fc1cccc2occc12.O=C(c1nnc(C2C=CN(C(F)F)N2)o1)N1CCc2nc[nH]c2C1. The lowest BCUT2D eigenvalue weighted by atomic mass is 10.1. The number of nitrogens with zero attached hydrogens (tertiary/aromatic N) is 5. The molecule has 6 rings (SSSR count). The van der Waals surface area contributed by atoms with Crippen LogP contribution in [-0.2, 0) is 13.0 Å². The second-order valence-corrected chi connectivity index (χ2v) is 7.46. The first-order valence-electron chi connectivity index (χ1n) is 10.3. The third kappa shape index (κ3) is 4.24. The van der Waals surface area contributed by atoms with E-state index in [0.717, 1.165) is 11.4 Å². The highest BCUT2D eigenvalue weighted by atomic mass is 19.3. The highest BCUT2D eigenvalue weighted by molar-refractivity contribution is 5.89. The van der Waals surface area contributed by atoms with Crippen molar-refractivity contribution < 1.29 is 26.8 Å². The van der Waals surface area contributed by atoms with Crippen molar-refractivity contribution in [2.24, 2.45) is 0 Å². The van der Waals surface area contributed by atoms with Crippen molar-refractivity contribution in [2.75, 3.05) is 6.54 Å². The molecule has 2 aliphatic heterocycles. The van der Waals surface area contributed by atoms with Crippen LogP contribution in [0.4, 0.5) is 13.2 Å². The number of hydrogen-bond acceptors (Lipinski definition) is 8. The molecule has 2 N–H and O–H groups in total. The van der Waals surface area contributed by atoms with Crippen molar-refractivity contribution in [2.45, 2.75) is 25.6 Å². The van der Waals surface area contributed by atoms with Gasteiger partial charge in [-0.15, -0.1) is 10.2 Å². The molecule has 3 aromatic heterocycles. The summed E-state index contributed by atoms with van der Waals surface area (Å²) in [6, 6.07) is 5.70. The molecule has 0 bridgehead atoms. The van der Waals surface area contributed by atoms with Crippen LogP contribution in [0.3, 0.4) is 0 Å². The molecule has 4 aromatic rings. The highest BCUT2D eigenvalue weighted by Crippen LogP contribution is 2.22. The van der Waals surface area contributed by atoms with Crippen molar-refractivity contribution in [3.05, 3.63) is 78.1 Å². The van der Waals surface area contributed by atoms with Gasteiger partial charge < -0.3 is 18.7 Å². The number of aromatic nitrogens is 4. The number of amides is 1. The van der Waals surface area contributed by atoms with Gasteiger partial charge in [0.25, 0.3) is 0 Å². The lowest BCUT2D eigenvalue weighted by molar-refractivity contribution is -0.0244. The summed E-state index contributed by atoms with van der Waals surface area (Å²) >= 11 is 0. The molecule has 0 aliphatic carbocycles.